The molecule has 2 saturated carbocycles. The van der Waals surface area contributed by atoms with Crippen molar-refractivity contribution in [3.8, 4) is 5.75 Å². The number of likely N-dealkylation sites (tertiary alicyclic amines) is 1. The molecule has 3 aromatic rings. The Morgan fingerprint density at radius 1 is 1.23 bits per heavy atom. The number of methoxy groups -OCH3 is 1. The monoisotopic (exact) mass is 418 g/mol. The Morgan fingerprint density at radius 2 is 1.97 bits per heavy atom. The van der Waals surface area contributed by atoms with E-state index in [4.69, 9.17) is 9.15 Å². The van der Waals surface area contributed by atoms with Crippen molar-refractivity contribution in [2.75, 3.05) is 25.5 Å². The van der Waals surface area contributed by atoms with E-state index in [1.165, 1.54) is 11.9 Å². The summed E-state index contributed by atoms with van der Waals surface area (Å²) in [5.41, 5.74) is 2.37. The Morgan fingerprint density at radius 3 is 2.68 bits per heavy atom. The zero-order valence-corrected chi connectivity index (χ0v) is 18.0. The molecule has 2 aromatic heterocycles. The largest absolute Gasteiger partial charge is 0.496 e. The van der Waals surface area contributed by atoms with Gasteiger partial charge < -0.3 is 19.4 Å². The number of furan rings is 1. The lowest BCUT2D eigenvalue weighted by molar-refractivity contribution is 0.0772. The Kier molecular flexibility index (Phi) is 3.88. The van der Waals surface area contributed by atoms with Gasteiger partial charge in [0.25, 0.3) is 5.91 Å². The topological polar surface area (TPSA) is 80.5 Å². The van der Waals surface area contributed by atoms with Crippen LogP contribution < -0.4 is 10.1 Å². The molecule has 0 spiro atoms. The van der Waals surface area contributed by atoms with Gasteiger partial charge in [0.1, 0.15) is 23.7 Å². The van der Waals surface area contributed by atoms with Crippen LogP contribution in [-0.2, 0) is 0 Å². The van der Waals surface area contributed by atoms with Gasteiger partial charge in [-0.15, -0.1) is 0 Å². The molecule has 2 aliphatic carbocycles. The highest BCUT2D eigenvalue weighted by atomic mass is 16.5. The number of anilines is 1. The summed E-state index contributed by atoms with van der Waals surface area (Å²) in [5.74, 6) is 3.69. The maximum Gasteiger partial charge on any atom is 0.258 e. The number of carbonyl (C=O) groups is 1. The number of rotatable bonds is 5. The lowest BCUT2D eigenvalue weighted by atomic mass is 10.0. The highest BCUT2D eigenvalue weighted by Gasteiger charge is 2.58. The van der Waals surface area contributed by atoms with Gasteiger partial charge in [0.2, 0.25) is 5.71 Å². The van der Waals surface area contributed by atoms with Crippen LogP contribution >= 0.6 is 0 Å². The van der Waals surface area contributed by atoms with Crippen molar-refractivity contribution in [1.82, 2.24) is 14.9 Å². The van der Waals surface area contributed by atoms with Gasteiger partial charge in [-0.3, -0.25) is 4.79 Å². The molecule has 160 valence electrons. The number of hydrogen-bond donors (Lipinski definition) is 1. The van der Waals surface area contributed by atoms with Crippen LogP contribution in [0, 0.1) is 18.8 Å². The first kappa shape index (κ1) is 18.7. The Labute approximate surface area is 180 Å². The van der Waals surface area contributed by atoms with E-state index in [0.717, 1.165) is 31.7 Å². The van der Waals surface area contributed by atoms with Crippen molar-refractivity contribution < 1.29 is 13.9 Å². The van der Waals surface area contributed by atoms with Crippen LogP contribution in [0.3, 0.4) is 0 Å². The second-order valence-corrected chi connectivity index (χ2v) is 9.43. The molecule has 1 unspecified atom stereocenters. The number of fused-ring (bicyclic) bond motifs is 2. The van der Waals surface area contributed by atoms with Crippen LogP contribution in [-0.4, -0.2) is 46.5 Å². The van der Waals surface area contributed by atoms with Crippen molar-refractivity contribution in [3.05, 3.63) is 47.5 Å². The molecule has 1 aliphatic heterocycles. The number of carbonyl (C=O) groups excluding carboxylic acids is 1. The number of aryl methyl sites for hydroxylation is 1. The van der Waals surface area contributed by atoms with Gasteiger partial charge in [-0.25, -0.2) is 9.97 Å². The molecule has 6 rings (SSSR count). The van der Waals surface area contributed by atoms with Crippen molar-refractivity contribution in [3.63, 3.8) is 0 Å². The first-order valence-electron chi connectivity index (χ1n) is 10.9. The maximum atomic E-state index is 13.6. The Hall–Kier alpha value is -3.09. The summed E-state index contributed by atoms with van der Waals surface area (Å²) >= 11 is 0. The lowest BCUT2D eigenvalue weighted by Crippen LogP contribution is -2.31. The number of amides is 1. The van der Waals surface area contributed by atoms with Crippen LogP contribution in [0.5, 0.6) is 5.75 Å². The summed E-state index contributed by atoms with van der Waals surface area (Å²) < 4.78 is 11.4. The third kappa shape index (κ3) is 2.90. The number of aromatic nitrogens is 2. The first-order valence-corrected chi connectivity index (χ1v) is 10.9. The number of para-hydroxylation sites is 1. The van der Waals surface area contributed by atoms with E-state index in [-0.39, 0.29) is 11.4 Å². The molecule has 7 heteroatoms. The van der Waals surface area contributed by atoms with Gasteiger partial charge in [-0.2, -0.15) is 0 Å². The van der Waals surface area contributed by atoms with E-state index in [2.05, 4.69) is 34.3 Å². The third-order valence-electron chi connectivity index (χ3n) is 7.28. The molecule has 1 amide bonds. The van der Waals surface area contributed by atoms with Crippen molar-refractivity contribution in [2.45, 2.75) is 38.1 Å². The molecule has 7 nitrogen and oxygen atoms in total. The van der Waals surface area contributed by atoms with Gasteiger partial charge in [-0.1, -0.05) is 18.2 Å². The molecule has 1 aromatic carbocycles. The van der Waals surface area contributed by atoms with Crippen LogP contribution in [0.2, 0.25) is 0 Å². The molecule has 3 heterocycles. The molecular formula is C24H26N4O3. The summed E-state index contributed by atoms with van der Waals surface area (Å²) in [7, 11) is 1.72. The van der Waals surface area contributed by atoms with Gasteiger partial charge in [-0.05, 0) is 56.1 Å². The standard InChI is InChI=1S/C24H26N4O3/c1-13-18(20-21(27-24(2)8-9-24)25-12-26-22(20)31-13)23(29)28-10-15-16(11-28)19(15)14-6-4-5-7-17(14)30-3/h4-7,12,15-16,19H,8-11H2,1-3H3,(H,25,26,27)/t15-,16+,19?. The van der Waals surface area contributed by atoms with E-state index in [9.17, 15) is 4.79 Å². The van der Waals surface area contributed by atoms with Crippen molar-refractivity contribution in [1.29, 1.82) is 0 Å². The van der Waals surface area contributed by atoms with Gasteiger partial charge >= 0.3 is 0 Å². The molecule has 3 fully saturated rings. The SMILES string of the molecule is COc1ccccc1C1[C@H]2CN(C(=O)c3c(C)oc4ncnc(NC5(C)CC5)c34)C[C@@H]12. The van der Waals surface area contributed by atoms with Crippen LogP contribution in [0.4, 0.5) is 5.82 Å². The predicted molar refractivity (Wildman–Crippen MR) is 116 cm³/mol. The molecule has 1 saturated heterocycles. The zero-order chi connectivity index (χ0) is 21.3. The van der Waals surface area contributed by atoms with Crippen LogP contribution in [0.25, 0.3) is 11.1 Å². The first-order chi connectivity index (χ1) is 15.0. The normalized spacial score (nSPS) is 25.4. The summed E-state index contributed by atoms with van der Waals surface area (Å²) in [6.07, 6.45) is 3.69. The zero-order valence-electron chi connectivity index (χ0n) is 18.0. The fourth-order valence-corrected chi connectivity index (χ4v) is 5.25. The van der Waals surface area contributed by atoms with Gasteiger partial charge in [0.15, 0.2) is 0 Å². The number of ether oxygens (including phenoxy) is 1. The van der Waals surface area contributed by atoms with Crippen molar-refractivity contribution in [2.24, 2.45) is 11.8 Å². The molecule has 0 bridgehead atoms. The average Bonchev–Trinajstić information content (AvgIpc) is 3.55. The fraction of sp³-hybridized carbons (Fsp3) is 0.458. The smallest absolute Gasteiger partial charge is 0.258 e. The third-order valence-corrected chi connectivity index (χ3v) is 7.28. The lowest BCUT2D eigenvalue weighted by Gasteiger charge is -2.21. The molecular weight excluding hydrogens is 392 g/mol. The van der Waals surface area contributed by atoms with Crippen molar-refractivity contribution >= 4 is 22.8 Å². The minimum absolute atomic E-state index is 0.0148. The molecule has 1 N–H and O–H groups in total. The molecule has 0 radical (unpaired) electrons. The Balaban J connectivity index is 1.27. The second kappa shape index (κ2) is 6.45. The number of piperidine rings is 1. The number of hydrogen-bond acceptors (Lipinski definition) is 6. The highest BCUT2D eigenvalue weighted by molar-refractivity contribution is 6.10. The summed E-state index contributed by atoms with van der Waals surface area (Å²) in [4.78, 5) is 24.3. The number of nitrogens with zero attached hydrogens (tertiary/aromatic N) is 3. The van der Waals surface area contributed by atoms with Gasteiger partial charge in [0, 0.05) is 18.6 Å². The minimum atomic E-state index is 0.0148. The predicted octanol–water partition coefficient (Wildman–Crippen LogP) is 3.99. The van der Waals surface area contributed by atoms with E-state index in [0.29, 0.717) is 46.0 Å². The van der Waals surface area contributed by atoms with E-state index in [1.807, 2.05) is 24.0 Å². The van der Waals surface area contributed by atoms with E-state index in [1.54, 1.807) is 7.11 Å². The minimum Gasteiger partial charge on any atom is -0.496 e. The van der Waals surface area contributed by atoms with Crippen LogP contribution in [0.1, 0.15) is 47.4 Å². The molecule has 3 atom stereocenters. The summed E-state index contributed by atoms with van der Waals surface area (Å²) in [5, 5.41) is 4.21. The number of benzene rings is 1. The molecule has 3 aliphatic rings. The van der Waals surface area contributed by atoms with Gasteiger partial charge in [0.05, 0.1) is 18.1 Å². The average molecular weight is 418 g/mol. The molecule has 31 heavy (non-hydrogen) atoms. The summed E-state index contributed by atoms with van der Waals surface area (Å²) in [6.45, 7) is 5.52. The second-order valence-electron chi connectivity index (χ2n) is 9.43. The summed E-state index contributed by atoms with van der Waals surface area (Å²) in [6, 6.07) is 8.22. The number of nitrogens with one attached hydrogen (secondary N) is 1. The van der Waals surface area contributed by atoms with Crippen LogP contribution in [0.15, 0.2) is 35.0 Å². The van der Waals surface area contributed by atoms with E-state index < -0.39 is 0 Å². The maximum absolute atomic E-state index is 13.6. The quantitative estimate of drug-likeness (QED) is 0.675. The van der Waals surface area contributed by atoms with E-state index >= 15 is 0 Å². The highest BCUT2D eigenvalue weighted by Crippen LogP contribution is 2.60. The Bertz CT molecular complexity index is 1190. The fourth-order valence-electron chi connectivity index (χ4n) is 5.25.